The Bertz CT molecular complexity index is 290. The highest BCUT2D eigenvalue weighted by Crippen LogP contribution is 2.13. The fourth-order valence-corrected chi connectivity index (χ4v) is 1.08. The number of hydrogen-bond acceptors (Lipinski definition) is 1. The Morgan fingerprint density at radius 2 is 1.92 bits per heavy atom. The molecule has 0 saturated heterocycles. The predicted molar refractivity (Wildman–Crippen MR) is 54.7 cm³/mol. The smallest absolute Gasteiger partial charge is 0.119 e. The molecule has 1 heteroatoms. The van der Waals surface area contributed by atoms with Crippen LogP contribution in [-0.4, -0.2) is 6.10 Å². The van der Waals surface area contributed by atoms with Crippen LogP contribution in [0.15, 0.2) is 24.3 Å². The third-order valence-corrected chi connectivity index (χ3v) is 1.60. The predicted octanol–water partition coefficient (Wildman–Crippen LogP) is 2.65. The van der Waals surface area contributed by atoms with Crippen LogP contribution in [0.25, 0.3) is 0 Å². The largest absolute Gasteiger partial charge is 0.491 e. The van der Waals surface area contributed by atoms with Crippen LogP contribution in [-0.2, 0) is 6.42 Å². The van der Waals surface area contributed by atoms with E-state index in [2.05, 4.69) is 5.92 Å². The van der Waals surface area contributed by atoms with E-state index in [4.69, 9.17) is 11.2 Å². The van der Waals surface area contributed by atoms with Gasteiger partial charge >= 0.3 is 0 Å². The Balaban J connectivity index is 2.65. The van der Waals surface area contributed by atoms with Gasteiger partial charge in [0.1, 0.15) is 5.75 Å². The van der Waals surface area contributed by atoms with Gasteiger partial charge in [-0.15, -0.1) is 12.3 Å². The van der Waals surface area contributed by atoms with Crippen molar-refractivity contribution in [3.63, 3.8) is 0 Å². The molecule has 0 atom stereocenters. The van der Waals surface area contributed by atoms with E-state index in [9.17, 15) is 0 Å². The van der Waals surface area contributed by atoms with Gasteiger partial charge in [0.25, 0.3) is 0 Å². The van der Waals surface area contributed by atoms with Gasteiger partial charge in [0.05, 0.1) is 6.10 Å². The van der Waals surface area contributed by atoms with E-state index in [1.807, 2.05) is 38.1 Å². The highest BCUT2D eigenvalue weighted by Gasteiger charge is 1.96. The van der Waals surface area contributed by atoms with Gasteiger partial charge < -0.3 is 4.74 Å². The monoisotopic (exact) mass is 174 g/mol. The minimum Gasteiger partial charge on any atom is -0.491 e. The summed E-state index contributed by atoms with van der Waals surface area (Å²) in [7, 11) is 0. The average Bonchev–Trinajstić information content (AvgIpc) is 2.08. The zero-order valence-corrected chi connectivity index (χ0v) is 8.08. The van der Waals surface area contributed by atoms with Crippen LogP contribution in [0.3, 0.4) is 0 Å². The van der Waals surface area contributed by atoms with Gasteiger partial charge in [-0.05, 0) is 31.5 Å². The van der Waals surface area contributed by atoms with Crippen molar-refractivity contribution in [3.05, 3.63) is 29.8 Å². The lowest BCUT2D eigenvalue weighted by molar-refractivity contribution is 0.242. The van der Waals surface area contributed by atoms with Crippen LogP contribution < -0.4 is 4.74 Å². The molecule has 0 spiro atoms. The molecule has 1 aromatic rings. The number of terminal acetylenes is 1. The van der Waals surface area contributed by atoms with Gasteiger partial charge in [-0.25, -0.2) is 0 Å². The van der Waals surface area contributed by atoms with E-state index < -0.39 is 0 Å². The second-order valence-corrected chi connectivity index (χ2v) is 3.19. The Labute approximate surface area is 79.7 Å². The van der Waals surface area contributed by atoms with Crippen LogP contribution in [0, 0.1) is 12.3 Å². The van der Waals surface area contributed by atoms with Crippen molar-refractivity contribution in [2.45, 2.75) is 26.4 Å². The first-order chi connectivity index (χ1) is 6.22. The molecule has 0 aromatic heterocycles. The fourth-order valence-electron chi connectivity index (χ4n) is 1.08. The van der Waals surface area contributed by atoms with E-state index in [0.717, 1.165) is 11.3 Å². The quantitative estimate of drug-likeness (QED) is 0.640. The third-order valence-electron chi connectivity index (χ3n) is 1.60. The molecule has 0 amide bonds. The lowest BCUT2D eigenvalue weighted by Crippen LogP contribution is -2.05. The molecule has 1 rings (SSSR count). The van der Waals surface area contributed by atoms with Crippen molar-refractivity contribution in [2.75, 3.05) is 0 Å². The molecule has 0 aliphatic heterocycles. The topological polar surface area (TPSA) is 9.23 Å². The highest BCUT2D eigenvalue weighted by atomic mass is 16.5. The van der Waals surface area contributed by atoms with E-state index in [0.29, 0.717) is 6.42 Å². The second-order valence-electron chi connectivity index (χ2n) is 3.19. The third kappa shape index (κ3) is 3.21. The van der Waals surface area contributed by atoms with Crippen molar-refractivity contribution in [3.8, 4) is 18.1 Å². The van der Waals surface area contributed by atoms with Crippen molar-refractivity contribution < 1.29 is 4.74 Å². The first kappa shape index (κ1) is 9.67. The summed E-state index contributed by atoms with van der Waals surface area (Å²) < 4.78 is 5.50. The lowest BCUT2D eigenvalue weighted by Gasteiger charge is -2.09. The maximum Gasteiger partial charge on any atom is 0.119 e. The first-order valence-corrected chi connectivity index (χ1v) is 4.41. The Kier molecular flexibility index (Phi) is 3.40. The molecule has 0 unspecified atom stereocenters. The summed E-state index contributed by atoms with van der Waals surface area (Å²) in [6.45, 7) is 4.02. The van der Waals surface area contributed by atoms with Crippen molar-refractivity contribution in [2.24, 2.45) is 0 Å². The van der Waals surface area contributed by atoms with Gasteiger partial charge in [-0.2, -0.15) is 0 Å². The Hall–Kier alpha value is -1.42. The molecule has 1 aromatic carbocycles. The van der Waals surface area contributed by atoms with E-state index in [-0.39, 0.29) is 6.10 Å². The summed E-state index contributed by atoms with van der Waals surface area (Å²) in [5.74, 6) is 3.50. The summed E-state index contributed by atoms with van der Waals surface area (Å²) in [6, 6.07) is 7.90. The summed E-state index contributed by atoms with van der Waals surface area (Å²) in [5, 5.41) is 0. The maximum absolute atomic E-state index is 5.50. The van der Waals surface area contributed by atoms with Crippen molar-refractivity contribution in [1.82, 2.24) is 0 Å². The minimum atomic E-state index is 0.221. The van der Waals surface area contributed by atoms with Crippen LogP contribution in [0.1, 0.15) is 19.4 Å². The molecule has 0 radical (unpaired) electrons. The van der Waals surface area contributed by atoms with Crippen LogP contribution in [0.4, 0.5) is 0 Å². The van der Waals surface area contributed by atoms with E-state index in [1.54, 1.807) is 0 Å². The SMILES string of the molecule is C#CCc1ccc(OC(C)C)cc1. The number of rotatable bonds is 3. The van der Waals surface area contributed by atoms with E-state index >= 15 is 0 Å². The molecule has 0 fully saturated rings. The number of hydrogen-bond donors (Lipinski definition) is 0. The zero-order valence-electron chi connectivity index (χ0n) is 8.08. The summed E-state index contributed by atoms with van der Waals surface area (Å²) in [5.41, 5.74) is 1.15. The molecule has 0 heterocycles. The van der Waals surface area contributed by atoms with Gasteiger partial charge in [-0.1, -0.05) is 12.1 Å². The van der Waals surface area contributed by atoms with Crippen LogP contribution >= 0.6 is 0 Å². The number of ether oxygens (including phenoxy) is 1. The van der Waals surface area contributed by atoms with Crippen molar-refractivity contribution >= 4 is 0 Å². The molecule has 0 N–H and O–H groups in total. The second kappa shape index (κ2) is 4.57. The minimum absolute atomic E-state index is 0.221. The molecule has 13 heavy (non-hydrogen) atoms. The van der Waals surface area contributed by atoms with Crippen molar-refractivity contribution in [1.29, 1.82) is 0 Å². The van der Waals surface area contributed by atoms with Crippen LogP contribution in [0.5, 0.6) is 5.75 Å². The molecule has 1 nitrogen and oxygen atoms in total. The summed E-state index contributed by atoms with van der Waals surface area (Å²) in [4.78, 5) is 0. The lowest BCUT2D eigenvalue weighted by atomic mass is 10.1. The molecular weight excluding hydrogens is 160 g/mol. The van der Waals surface area contributed by atoms with Gasteiger partial charge in [0, 0.05) is 6.42 Å². The molecule has 0 bridgehead atoms. The Morgan fingerprint density at radius 3 is 2.38 bits per heavy atom. The highest BCUT2D eigenvalue weighted by molar-refractivity contribution is 5.29. The maximum atomic E-state index is 5.50. The molecule has 0 aliphatic rings. The van der Waals surface area contributed by atoms with Gasteiger partial charge in [-0.3, -0.25) is 0 Å². The summed E-state index contributed by atoms with van der Waals surface area (Å²) >= 11 is 0. The normalized spacial score (nSPS) is 9.69. The van der Waals surface area contributed by atoms with Crippen LogP contribution in [0.2, 0.25) is 0 Å². The molecular formula is C12H14O. The standard InChI is InChI=1S/C12H14O/c1-4-5-11-6-8-12(9-7-11)13-10(2)3/h1,6-10H,5H2,2-3H3. The number of benzene rings is 1. The summed E-state index contributed by atoms with van der Waals surface area (Å²) in [6.07, 6.45) is 6.10. The first-order valence-electron chi connectivity index (χ1n) is 4.41. The van der Waals surface area contributed by atoms with Gasteiger partial charge in [0.15, 0.2) is 0 Å². The Morgan fingerprint density at radius 1 is 1.31 bits per heavy atom. The molecule has 0 aliphatic carbocycles. The van der Waals surface area contributed by atoms with Gasteiger partial charge in [0.2, 0.25) is 0 Å². The molecule has 68 valence electrons. The fraction of sp³-hybridized carbons (Fsp3) is 0.333. The average molecular weight is 174 g/mol. The van der Waals surface area contributed by atoms with E-state index in [1.165, 1.54) is 0 Å². The molecule has 0 saturated carbocycles. The zero-order chi connectivity index (χ0) is 9.68.